The first kappa shape index (κ1) is 15.5. The highest BCUT2D eigenvalue weighted by Crippen LogP contribution is 2.29. The zero-order chi connectivity index (χ0) is 14.9. The molecule has 0 aliphatic carbocycles. The molecule has 0 aromatic heterocycles. The summed E-state index contributed by atoms with van der Waals surface area (Å²) < 4.78 is 5.28. The Hall–Kier alpha value is -0.910. The predicted molar refractivity (Wildman–Crippen MR) is 75.1 cm³/mol. The average Bonchev–Trinajstić information content (AvgIpc) is 2.97. The monoisotopic (exact) mass is 283 g/mol. The highest BCUT2D eigenvalue weighted by atomic mass is 16.6. The molecule has 2 N–H and O–H groups in total. The molecule has 0 aromatic rings. The van der Waals surface area contributed by atoms with E-state index in [1.54, 1.807) is 13.8 Å². The SMILES string of the molecule is CC(C)[C@@](O)(C(=O)OCC1=CCN2CCC[C@@H]12)C(C)O. The normalized spacial score (nSPS) is 27.1. The van der Waals surface area contributed by atoms with E-state index in [-0.39, 0.29) is 6.61 Å². The Kier molecular flexibility index (Phi) is 4.52. The van der Waals surface area contributed by atoms with E-state index in [4.69, 9.17) is 4.74 Å². The van der Waals surface area contributed by atoms with Gasteiger partial charge in [0.1, 0.15) is 6.61 Å². The third-order valence-corrected chi connectivity index (χ3v) is 4.59. The lowest BCUT2D eigenvalue weighted by Crippen LogP contribution is -2.53. The molecule has 0 spiro atoms. The summed E-state index contributed by atoms with van der Waals surface area (Å²) in [5, 5.41) is 20.0. The van der Waals surface area contributed by atoms with Crippen LogP contribution in [0.4, 0.5) is 0 Å². The standard InChI is InChI=1S/C15H25NO4/c1-10(2)15(19,11(3)17)14(18)20-9-12-6-8-16-7-4-5-13(12)16/h6,10-11,13,17,19H,4-5,7-9H2,1-3H3/t11?,13-,15-/m0/s1. The first-order chi connectivity index (χ1) is 9.37. The van der Waals surface area contributed by atoms with Crippen LogP contribution in [0, 0.1) is 5.92 Å². The van der Waals surface area contributed by atoms with E-state index in [0.29, 0.717) is 6.04 Å². The average molecular weight is 283 g/mol. The number of rotatable bonds is 5. The number of fused-ring (bicyclic) bond motifs is 1. The molecule has 20 heavy (non-hydrogen) atoms. The molecular formula is C15H25NO4. The van der Waals surface area contributed by atoms with Gasteiger partial charge in [0.15, 0.2) is 5.60 Å². The van der Waals surface area contributed by atoms with Gasteiger partial charge in [-0.05, 0) is 37.8 Å². The summed E-state index contributed by atoms with van der Waals surface area (Å²) in [5.74, 6) is -1.14. The number of aliphatic hydroxyl groups excluding tert-OH is 1. The number of hydrogen-bond acceptors (Lipinski definition) is 5. The van der Waals surface area contributed by atoms with Gasteiger partial charge in [-0.25, -0.2) is 4.79 Å². The van der Waals surface area contributed by atoms with Crippen LogP contribution in [0.5, 0.6) is 0 Å². The van der Waals surface area contributed by atoms with E-state index in [0.717, 1.165) is 25.1 Å². The maximum absolute atomic E-state index is 12.1. The Bertz CT molecular complexity index is 395. The first-order valence-electron chi connectivity index (χ1n) is 7.38. The van der Waals surface area contributed by atoms with Crippen molar-refractivity contribution in [1.29, 1.82) is 0 Å². The van der Waals surface area contributed by atoms with Crippen LogP contribution in [0.1, 0.15) is 33.6 Å². The van der Waals surface area contributed by atoms with Gasteiger partial charge in [-0.1, -0.05) is 19.9 Å². The maximum atomic E-state index is 12.1. The minimum atomic E-state index is -1.84. The lowest BCUT2D eigenvalue weighted by molar-refractivity contribution is -0.183. The smallest absolute Gasteiger partial charge is 0.341 e. The molecule has 3 atom stereocenters. The minimum Gasteiger partial charge on any atom is -0.459 e. The van der Waals surface area contributed by atoms with Crippen molar-refractivity contribution in [3.05, 3.63) is 11.6 Å². The minimum absolute atomic E-state index is 0.210. The van der Waals surface area contributed by atoms with Crippen molar-refractivity contribution >= 4 is 5.97 Å². The molecule has 0 radical (unpaired) electrons. The Labute approximate surface area is 120 Å². The van der Waals surface area contributed by atoms with Crippen molar-refractivity contribution in [2.24, 2.45) is 5.92 Å². The van der Waals surface area contributed by atoms with Crippen molar-refractivity contribution < 1.29 is 19.7 Å². The molecule has 0 saturated carbocycles. The van der Waals surface area contributed by atoms with E-state index >= 15 is 0 Å². The van der Waals surface area contributed by atoms with Gasteiger partial charge in [0, 0.05) is 12.6 Å². The molecule has 2 aliphatic heterocycles. The van der Waals surface area contributed by atoms with Crippen LogP contribution in [0.2, 0.25) is 0 Å². The summed E-state index contributed by atoms with van der Waals surface area (Å²) in [7, 11) is 0. The van der Waals surface area contributed by atoms with Crippen molar-refractivity contribution in [2.45, 2.75) is 51.4 Å². The summed E-state index contributed by atoms with van der Waals surface area (Å²) in [6.45, 7) is 7.03. The van der Waals surface area contributed by atoms with Gasteiger partial charge < -0.3 is 14.9 Å². The highest BCUT2D eigenvalue weighted by molar-refractivity contribution is 5.80. The van der Waals surface area contributed by atoms with Crippen molar-refractivity contribution in [1.82, 2.24) is 4.90 Å². The molecule has 2 aliphatic rings. The van der Waals surface area contributed by atoms with Crippen LogP contribution in [0.3, 0.4) is 0 Å². The van der Waals surface area contributed by atoms with Crippen LogP contribution < -0.4 is 0 Å². The van der Waals surface area contributed by atoms with Crippen LogP contribution >= 0.6 is 0 Å². The number of carbonyl (C=O) groups is 1. The molecule has 0 aromatic carbocycles. The van der Waals surface area contributed by atoms with Gasteiger partial charge in [0.05, 0.1) is 6.10 Å². The molecule has 1 fully saturated rings. The first-order valence-corrected chi connectivity index (χ1v) is 7.38. The Morgan fingerprint density at radius 2 is 2.25 bits per heavy atom. The van der Waals surface area contributed by atoms with Gasteiger partial charge in [-0.15, -0.1) is 0 Å². The van der Waals surface area contributed by atoms with E-state index in [1.165, 1.54) is 13.3 Å². The summed E-state index contributed by atoms with van der Waals surface area (Å²) in [5.41, 5.74) is -0.721. The van der Waals surface area contributed by atoms with E-state index in [9.17, 15) is 15.0 Å². The quantitative estimate of drug-likeness (QED) is 0.574. The fourth-order valence-corrected chi connectivity index (χ4v) is 3.14. The Morgan fingerprint density at radius 1 is 1.55 bits per heavy atom. The van der Waals surface area contributed by atoms with Crippen molar-refractivity contribution in [3.8, 4) is 0 Å². The number of nitrogens with zero attached hydrogens (tertiary/aromatic N) is 1. The molecule has 1 unspecified atom stereocenters. The predicted octanol–water partition coefficient (Wildman–Crippen LogP) is 0.702. The molecule has 2 heterocycles. The summed E-state index contributed by atoms with van der Waals surface area (Å²) in [6, 6.07) is 0.390. The van der Waals surface area contributed by atoms with Crippen LogP contribution in [-0.4, -0.2) is 58.5 Å². The fraction of sp³-hybridized carbons (Fsp3) is 0.800. The molecule has 5 nitrogen and oxygen atoms in total. The third kappa shape index (κ3) is 2.62. The topological polar surface area (TPSA) is 70.0 Å². The molecule has 5 heteroatoms. The number of hydrogen-bond donors (Lipinski definition) is 2. The van der Waals surface area contributed by atoms with Crippen LogP contribution in [0.15, 0.2) is 11.6 Å². The number of aliphatic hydroxyl groups is 2. The lowest BCUT2D eigenvalue weighted by Gasteiger charge is -2.32. The largest absolute Gasteiger partial charge is 0.459 e. The Balaban J connectivity index is 1.95. The lowest BCUT2D eigenvalue weighted by atomic mass is 9.85. The Morgan fingerprint density at radius 3 is 2.85 bits per heavy atom. The van der Waals surface area contributed by atoms with Gasteiger partial charge in [-0.2, -0.15) is 0 Å². The highest BCUT2D eigenvalue weighted by Gasteiger charge is 2.46. The number of carbonyl (C=O) groups excluding carboxylic acids is 1. The second-order valence-electron chi connectivity index (χ2n) is 6.16. The van der Waals surface area contributed by atoms with Crippen molar-refractivity contribution in [2.75, 3.05) is 19.7 Å². The summed E-state index contributed by atoms with van der Waals surface area (Å²) >= 11 is 0. The van der Waals surface area contributed by atoms with Gasteiger partial charge in [-0.3, -0.25) is 4.90 Å². The molecule has 2 rings (SSSR count). The zero-order valence-electron chi connectivity index (χ0n) is 12.5. The van der Waals surface area contributed by atoms with Crippen LogP contribution in [0.25, 0.3) is 0 Å². The number of ether oxygens (including phenoxy) is 1. The second-order valence-corrected chi connectivity index (χ2v) is 6.16. The van der Waals surface area contributed by atoms with E-state index in [2.05, 4.69) is 11.0 Å². The molecule has 0 bridgehead atoms. The zero-order valence-corrected chi connectivity index (χ0v) is 12.5. The summed E-state index contributed by atoms with van der Waals surface area (Å²) in [4.78, 5) is 14.5. The van der Waals surface area contributed by atoms with E-state index in [1.807, 2.05) is 0 Å². The molecular weight excluding hydrogens is 258 g/mol. The fourth-order valence-electron chi connectivity index (χ4n) is 3.14. The van der Waals surface area contributed by atoms with Crippen LogP contribution in [-0.2, 0) is 9.53 Å². The molecule has 1 saturated heterocycles. The second kappa shape index (κ2) is 5.84. The maximum Gasteiger partial charge on any atom is 0.341 e. The van der Waals surface area contributed by atoms with Gasteiger partial charge in [0.2, 0.25) is 0 Å². The number of esters is 1. The summed E-state index contributed by atoms with van der Waals surface area (Å²) in [6.07, 6.45) is 3.23. The van der Waals surface area contributed by atoms with Gasteiger partial charge in [0.25, 0.3) is 0 Å². The molecule has 0 amide bonds. The van der Waals surface area contributed by atoms with Crippen molar-refractivity contribution in [3.63, 3.8) is 0 Å². The van der Waals surface area contributed by atoms with E-state index < -0.39 is 23.6 Å². The molecule has 114 valence electrons. The van der Waals surface area contributed by atoms with Gasteiger partial charge >= 0.3 is 5.97 Å². The third-order valence-electron chi connectivity index (χ3n) is 4.59.